The number of hydrogen-bond acceptors (Lipinski definition) is 2. The van der Waals surface area contributed by atoms with Crippen LogP contribution in [-0.4, -0.2) is 4.92 Å². The third-order valence-corrected chi connectivity index (χ3v) is 5.60. The van der Waals surface area contributed by atoms with E-state index in [0.717, 1.165) is 38.6 Å². The summed E-state index contributed by atoms with van der Waals surface area (Å²) < 4.78 is 0. The van der Waals surface area contributed by atoms with Gasteiger partial charge in [0.2, 0.25) is 0 Å². The van der Waals surface area contributed by atoms with Gasteiger partial charge in [0.15, 0.2) is 0 Å². The second-order valence-corrected chi connectivity index (χ2v) is 7.43. The zero-order valence-electron chi connectivity index (χ0n) is 16.7. The van der Waals surface area contributed by atoms with Crippen molar-refractivity contribution in [2.75, 3.05) is 0 Å². The molecule has 0 spiro atoms. The van der Waals surface area contributed by atoms with Crippen molar-refractivity contribution in [3.63, 3.8) is 0 Å². The van der Waals surface area contributed by atoms with E-state index in [1.54, 1.807) is 6.07 Å². The van der Waals surface area contributed by atoms with Gasteiger partial charge in [-0.2, -0.15) is 0 Å². The molecule has 3 heteroatoms. The molecular weight excluding hydrogens is 382 g/mol. The van der Waals surface area contributed by atoms with Crippen LogP contribution in [-0.2, 0) is 0 Å². The molecule has 0 saturated heterocycles. The third-order valence-electron chi connectivity index (χ3n) is 5.60. The van der Waals surface area contributed by atoms with Crippen molar-refractivity contribution in [1.29, 1.82) is 0 Å². The Morgan fingerprint density at radius 1 is 0.484 bits per heavy atom. The predicted molar refractivity (Wildman–Crippen MR) is 127 cm³/mol. The Morgan fingerprint density at radius 2 is 1.00 bits per heavy atom. The van der Waals surface area contributed by atoms with Crippen molar-refractivity contribution in [3.8, 4) is 33.4 Å². The monoisotopic (exact) mass is 401 g/mol. The van der Waals surface area contributed by atoms with Gasteiger partial charge >= 0.3 is 0 Å². The zero-order valence-corrected chi connectivity index (χ0v) is 16.7. The quantitative estimate of drug-likeness (QED) is 0.228. The van der Waals surface area contributed by atoms with Crippen LogP contribution >= 0.6 is 0 Å². The van der Waals surface area contributed by atoms with Crippen LogP contribution in [0.4, 0.5) is 5.69 Å². The summed E-state index contributed by atoms with van der Waals surface area (Å²) in [5.74, 6) is 0. The van der Waals surface area contributed by atoms with E-state index in [0.29, 0.717) is 5.56 Å². The summed E-state index contributed by atoms with van der Waals surface area (Å²) in [7, 11) is 0. The SMILES string of the molecule is O=[N+]([O-])c1cc(-c2ccccc2)ccc1-c1ccc(-c2ccccc2)c2ccccc12. The van der Waals surface area contributed by atoms with Gasteiger partial charge in [-0.15, -0.1) is 0 Å². The van der Waals surface area contributed by atoms with Gasteiger partial charge in [0, 0.05) is 6.07 Å². The van der Waals surface area contributed by atoms with Crippen LogP contribution in [0, 0.1) is 10.1 Å². The van der Waals surface area contributed by atoms with Crippen LogP contribution in [0.3, 0.4) is 0 Å². The van der Waals surface area contributed by atoms with E-state index in [4.69, 9.17) is 0 Å². The molecule has 0 saturated carbocycles. The van der Waals surface area contributed by atoms with Gasteiger partial charge in [0.05, 0.1) is 10.5 Å². The van der Waals surface area contributed by atoms with E-state index in [1.165, 1.54) is 0 Å². The molecule has 0 unspecified atom stereocenters. The molecule has 0 atom stereocenters. The second-order valence-electron chi connectivity index (χ2n) is 7.43. The fraction of sp³-hybridized carbons (Fsp3) is 0. The molecule has 0 aliphatic heterocycles. The van der Waals surface area contributed by atoms with E-state index in [9.17, 15) is 10.1 Å². The number of nitro benzene ring substituents is 1. The standard InChI is InChI=1S/C28H19NO2/c30-29(31)28-19-22(20-9-3-1-4-10-20)15-16-27(28)26-18-17-23(21-11-5-2-6-12-21)24-13-7-8-14-25(24)26/h1-19H. The Morgan fingerprint density at radius 3 is 1.65 bits per heavy atom. The number of rotatable bonds is 4. The van der Waals surface area contributed by atoms with Gasteiger partial charge in [-0.25, -0.2) is 0 Å². The van der Waals surface area contributed by atoms with Crippen LogP contribution in [0.2, 0.25) is 0 Å². The Bertz CT molecular complexity index is 1390. The highest BCUT2D eigenvalue weighted by molar-refractivity contribution is 6.06. The van der Waals surface area contributed by atoms with Crippen LogP contribution in [0.5, 0.6) is 0 Å². The summed E-state index contributed by atoms with van der Waals surface area (Å²) >= 11 is 0. The van der Waals surface area contributed by atoms with E-state index < -0.39 is 0 Å². The fourth-order valence-corrected chi connectivity index (χ4v) is 4.12. The van der Waals surface area contributed by atoms with Crippen molar-refractivity contribution in [2.24, 2.45) is 0 Å². The lowest BCUT2D eigenvalue weighted by molar-refractivity contribution is -0.384. The summed E-state index contributed by atoms with van der Waals surface area (Å²) in [6.45, 7) is 0. The molecule has 5 rings (SSSR count). The molecule has 0 amide bonds. The summed E-state index contributed by atoms with van der Waals surface area (Å²) in [6, 6.07) is 37.6. The van der Waals surface area contributed by atoms with E-state index >= 15 is 0 Å². The number of nitrogens with zero attached hydrogens (tertiary/aromatic N) is 1. The largest absolute Gasteiger partial charge is 0.277 e. The van der Waals surface area contributed by atoms with Crippen molar-refractivity contribution in [2.45, 2.75) is 0 Å². The molecule has 0 aliphatic carbocycles. The van der Waals surface area contributed by atoms with Crippen LogP contribution in [0.25, 0.3) is 44.2 Å². The summed E-state index contributed by atoms with van der Waals surface area (Å²) in [5, 5.41) is 14.1. The number of fused-ring (bicyclic) bond motifs is 1. The molecule has 5 aromatic rings. The molecule has 0 fully saturated rings. The third kappa shape index (κ3) is 3.47. The van der Waals surface area contributed by atoms with Crippen molar-refractivity contribution < 1.29 is 4.92 Å². The van der Waals surface area contributed by atoms with Crippen LogP contribution < -0.4 is 0 Å². The topological polar surface area (TPSA) is 43.1 Å². The number of nitro groups is 1. The van der Waals surface area contributed by atoms with Crippen molar-refractivity contribution in [3.05, 3.63) is 125 Å². The smallest absolute Gasteiger partial charge is 0.258 e. The normalized spacial score (nSPS) is 10.8. The van der Waals surface area contributed by atoms with Gasteiger partial charge in [0.25, 0.3) is 5.69 Å². The van der Waals surface area contributed by atoms with E-state index in [1.807, 2.05) is 84.9 Å². The Kier molecular flexibility index (Phi) is 4.77. The van der Waals surface area contributed by atoms with Crippen molar-refractivity contribution >= 4 is 16.5 Å². The maximum atomic E-state index is 12.0. The molecule has 0 radical (unpaired) electrons. The van der Waals surface area contributed by atoms with Crippen LogP contribution in [0.1, 0.15) is 0 Å². The molecule has 0 N–H and O–H groups in total. The van der Waals surface area contributed by atoms with Gasteiger partial charge in [-0.05, 0) is 44.7 Å². The highest BCUT2D eigenvalue weighted by Gasteiger charge is 2.19. The molecule has 0 heterocycles. The van der Waals surface area contributed by atoms with Gasteiger partial charge < -0.3 is 0 Å². The minimum Gasteiger partial charge on any atom is -0.258 e. The average Bonchev–Trinajstić information content (AvgIpc) is 2.84. The first-order valence-electron chi connectivity index (χ1n) is 10.1. The first kappa shape index (κ1) is 18.8. The maximum Gasteiger partial charge on any atom is 0.277 e. The molecule has 0 aliphatic rings. The zero-order chi connectivity index (χ0) is 21.2. The Balaban J connectivity index is 1.72. The summed E-state index contributed by atoms with van der Waals surface area (Å²) in [4.78, 5) is 11.7. The molecule has 0 aromatic heterocycles. The average molecular weight is 401 g/mol. The fourth-order valence-electron chi connectivity index (χ4n) is 4.12. The predicted octanol–water partition coefficient (Wildman–Crippen LogP) is 7.75. The van der Waals surface area contributed by atoms with Crippen molar-refractivity contribution in [1.82, 2.24) is 0 Å². The first-order chi connectivity index (χ1) is 15.2. The highest BCUT2D eigenvalue weighted by atomic mass is 16.6. The Hall–Kier alpha value is -4.24. The number of hydrogen-bond donors (Lipinski definition) is 0. The summed E-state index contributed by atoms with van der Waals surface area (Å²) in [5.41, 5.74) is 5.63. The minimum atomic E-state index is -0.290. The lowest BCUT2D eigenvalue weighted by Gasteiger charge is -2.13. The van der Waals surface area contributed by atoms with Gasteiger partial charge in [-0.1, -0.05) is 103 Å². The van der Waals surface area contributed by atoms with E-state index in [-0.39, 0.29) is 10.6 Å². The molecule has 3 nitrogen and oxygen atoms in total. The molecule has 5 aromatic carbocycles. The maximum absolute atomic E-state index is 12.0. The first-order valence-corrected chi connectivity index (χ1v) is 10.1. The highest BCUT2D eigenvalue weighted by Crippen LogP contribution is 2.40. The Labute approximate surface area is 180 Å². The molecule has 148 valence electrons. The van der Waals surface area contributed by atoms with E-state index in [2.05, 4.69) is 24.3 Å². The van der Waals surface area contributed by atoms with Gasteiger partial charge in [0.1, 0.15) is 0 Å². The number of benzene rings is 5. The lowest BCUT2D eigenvalue weighted by atomic mass is 9.90. The molecular formula is C28H19NO2. The molecule has 0 bridgehead atoms. The molecule has 31 heavy (non-hydrogen) atoms. The van der Waals surface area contributed by atoms with Gasteiger partial charge in [-0.3, -0.25) is 10.1 Å². The van der Waals surface area contributed by atoms with Crippen LogP contribution in [0.15, 0.2) is 115 Å². The second kappa shape index (κ2) is 7.88. The lowest BCUT2D eigenvalue weighted by Crippen LogP contribution is -1.94. The minimum absolute atomic E-state index is 0.110. The summed E-state index contributed by atoms with van der Waals surface area (Å²) in [6.07, 6.45) is 0.